The maximum Gasteiger partial charge on any atom is 0.416 e. The predicted octanol–water partition coefficient (Wildman–Crippen LogP) is 3.40. The largest absolute Gasteiger partial charge is 0.507 e. The van der Waals surface area contributed by atoms with Crippen LogP contribution in [0.25, 0.3) is 22.0 Å². The standard InChI is InChI=1S/C18H15F3N4O/c19-18(20,21)10-5-6-14(15(26)7-10)16-12-3-1-2-4-13(12)17(25-24-16)23-11-8-22-9-11/h1-7,11,22,26H,8-9H2,(H,23,25). The van der Waals surface area contributed by atoms with Gasteiger partial charge in [-0.3, -0.25) is 0 Å². The van der Waals surface area contributed by atoms with Crippen molar-refractivity contribution in [3.05, 3.63) is 48.0 Å². The Morgan fingerprint density at radius 3 is 2.38 bits per heavy atom. The molecule has 1 aromatic heterocycles. The summed E-state index contributed by atoms with van der Waals surface area (Å²) in [4.78, 5) is 0. The van der Waals surface area contributed by atoms with E-state index in [-0.39, 0.29) is 11.6 Å². The number of nitrogens with zero attached hydrogens (tertiary/aromatic N) is 2. The molecular weight excluding hydrogens is 345 g/mol. The number of nitrogens with one attached hydrogen (secondary N) is 2. The lowest BCUT2D eigenvalue weighted by Crippen LogP contribution is -2.51. The topological polar surface area (TPSA) is 70.1 Å². The Balaban J connectivity index is 1.81. The molecule has 4 rings (SSSR count). The number of hydrogen-bond acceptors (Lipinski definition) is 5. The van der Waals surface area contributed by atoms with Gasteiger partial charge in [0.15, 0.2) is 5.82 Å². The van der Waals surface area contributed by atoms with E-state index in [1.807, 2.05) is 18.2 Å². The second-order valence-electron chi connectivity index (χ2n) is 6.17. The Bertz CT molecular complexity index is 970. The van der Waals surface area contributed by atoms with Crippen LogP contribution in [0.1, 0.15) is 5.56 Å². The lowest BCUT2D eigenvalue weighted by molar-refractivity contribution is -0.137. The molecule has 1 fully saturated rings. The lowest BCUT2D eigenvalue weighted by atomic mass is 10.0. The van der Waals surface area contributed by atoms with Gasteiger partial charge in [0.2, 0.25) is 0 Å². The summed E-state index contributed by atoms with van der Waals surface area (Å²) in [5.41, 5.74) is -0.366. The van der Waals surface area contributed by atoms with Crippen molar-refractivity contribution in [3.63, 3.8) is 0 Å². The van der Waals surface area contributed by atoms with Crippen molar-refractivity contribution in [2.75, 3.05) is 18.4 Å². The molecule has 1 saturated heterocycles. The van der Waals surface area contributed by atoms with E-state index in [1.165, 1.54) is 6.07 Å². The number of aromatic nitrogens is 2. The number of hydrogen-bond donors (Lipinski definition) is 3. The summed E-state index contributed by atoms with van der Waals surface area (Å²) in [5, 5.41) is 26.4. The predicted molar refractivity (Wildman–Crippen MR) is 91.9 cm³/mol. The highest BCUT2D eigenvalue weighted by atomic mass is 19.4. The SMILES string of the molecule is Oc1cc(C(F)(F)F)ccc1-c1nnc(NC2CNC2)c2ccccc12. The highest BCUT2D eigenvalue weighted by molar-refractivity contribution is 6.00. The number of benzene rings is 2. The third-order valence-corrected chi connectivity index (χ3v) is 4.39. The summed E-state index contributed by atoms with van der Waals surface area (Å²) >= 11 is 0. The van der Waals surface area contributed by atoms with Crippen LogP contribution < -0.4 is 10.6 Å². The van der Waals surface area contributed by atoms with Gasteiger partial charge < -0.3 is 15.7 Å². The summed E-state index contributed by atoms with van der Waals surface area (Å²) in [6, 6.07) is 10.4. The number of aromatic hydroxyl groups is 1. The van der Waals surface area contributed by atoms with Crippen LogP contribution in [0.15, 0.2) is 42.5 Å². The van der Waals surface area contributed by atoms with Crippen LogP contribution in [0.2, 0.25) is 0 Å². The maximum atomic E-state index is 12.8. The number of phenols is 1. The van der Waals surface area contributed by atoms with Crippen molar-refractivity contribution in [1.82, 2.24) is 15.5 Å². The number of phenolic OH excluding ortho intramolecular Hbond substituents is 1. The van der Waals surface area contributed by atoms with Crippen molar-refractivity contribution in [2.45, 2.75) is 12.2 Å². The number of rotatable bonds is 3. The average Bonchev–Trinajstić information content (AvgIpc) is 2.57. The van der Waals surface area contributed by atoms with Crippen LogP contribution in [0.3, 0.4) is 0 Å². The summed E-state index contributed by atoms with van der Waals surface area (Å²) in [6.07, 6.45) is -4.52. The molecule has 26 heavy (non-hydrogen) atoms. The molecule has 0 amide bonds. The summed E-state index contributed by atoms with van der Waals surface area (Å²) in [7, 11) is 0. The molecule has 134 valence electrons. The third-order valence-electron chi connectivity index (χ3n) is 4.39. The molecule has 0 radical (unpaired) electrons. The van der Waals surface area contributed by atoms with Gasteiger partial charge in [-0.25, -0.2) is 0 Å². The van der Waals surface area contributed by atoms with Crippen molar-refractivity contribution in [3.8, 4) is 17.0 Å². The molecule has 1 aliphatic heterocycles. The lowest BCUT2D eigenvalue weighted by Gasteiger charge is -2.28. The minimum atomic E-state index is -4.52. The molecule has 3 aromatic rings. The minimum absolute atomic E-state index is 0.207. The van der Waals surface area contributed by atoms with E-state index in [0.29, 0.717) is 23.0 Å². The van der Waals surface area contributed by atoms with Crippen LogP contribution >= 0.6 is 0 Å². The van der Waals surface area contributed by atoms with E-state index in [9.17, 15) is 18.3 Å². The van der Waals surface area contributed by atoms with Crippen LogP contribution in [0.5, 0.6) is 5.75 Å². The van der Waals surface area contributed by atoms with Gasteiger partial charge in [-0.05, 0) is 18.2 Å². The first kappa shape index (κ1) is 16.6. The van der Waals surface area contributed by atoms with Gasteiger partial charge in [0.25, 0.3) is 0 Å². The van der Waals surface area contributed by atoms with E-state index < -0.39 is 17.5 Å². The number of alkyl halides is 3. The molecule has 0 aliphatic carbocycles. The Labute approximate surface area is 146 Å². The molecule has 0 bridgehead atoms. The Kier molecular flexibility index (Phi) is 3.91. The van der Waals surface area contributed by atoms with E-state index in [4.69, 9.17) is 0 Å². The van der Waals surface area contributed by atoms with Gasteiger partial charge in [-0.15, -0.1) is 10.2 Å². The first-order valence-electron chi connectivity index (χ1n) is 8.07. The molecule has 1 aliphatic rings. The van der Waals surface area contributed by atoms with Crippen LogP contribution in [0.4, 0.5) is 19.0 Å². The van der Waals surface area contributed by atoms with Crippen LogP contribution in [-0.4, -0.2) is 34.4 Å². The zero-order chi connectivity index (χ0) is 18.3. The van der Waals surface area contributed by atoms with Crippen molar-refractivity contribution >= 4 is 16.6 Å². The smallest absolute Gasteiger partial charge is 0.416 e. The zero-order valence-electron chi connectivity index (χ0n) is 13.5. The van der Waals surface area contributed by atoms with Gasteiger partial charge in [-0.1, -0.05) is 24.3 Å². The van der Waals surface area contributed by atoms with Crippen molar-refractivity contribution in [2.24, 2.45) is 0 Å². The molecule has 2 aromatic carbocycles. The molecule has 2 heterocycles. The second-order valence-corrected chi connectivity index (χ2v) is 6.17. The maximum absolute atomic E-state index is 12.8. The highest BCUT2D eigenvalue weighted by Gasteiger charge is 2.31. The zero-order valence-corrected chi connectivity index (χ0v) is 13.5. The normalized spacial score (nSPS) is 15.0. The Morgan fingerprint density at radius 2 is 1.77 bits per heavy atom. The highest BCUT2D eigenvalue weighted by Crippen LogP contribution is 2.38. The molecular formula is C18H15F3N4O. The molecule has 0 unspecified atom stereocenters. The van der Waals surface area contributed by atoms with Crippen LogP contribution in [0, 0.1) is 0 Å². The van der Waals surface area contributed by atoms with Gasteiger partial charge >= 0.3 is 6.18 Å². The van der Waals surface area contributed by atoms with Gasteiger partial charge in [0.1, 0.15) is 11.4 Å². The number of fused-ring (bicyclic) bond motifs is 1. The molecule has 0 spiro atoms. The van der Waals surface area contributed by atoms with E-state index in [0.717, 1.165) is 24.5 Å². The third kappa shape index (κ3) is 2.92. The summed E-state index contributed by atoms with van der Waals surface area (Å²) < 4.78 is 38.4. The van der Waals surface area contributed by atoms with Gasteiger partial charge in [-0.2, -0.15) is 13.2 Å². The molecule has 0 atom stereocenters. The van der Waals surface area contributed by atoms with Gasteiger partial charge in [0, 0.05) is 29.4 Å². The first-order chi connectivity index (χ1) is 12.4. The fraction of sp³-hybridized carbons (Fsp3) is 0.222. The second kappa shape index (κ2) is 6.14. The Hall–Kier alpha value is -2.87. The summed E-state index contributed by atoms with van der Waals surface area (Å²) in [6.45, 7) is 1.66. The van der Waals surface area contributed by atoms with Crippen molar-refractivity contribution < 1.29 is 18.3 Å². The first-order valence-corrected chi connectivity index (χ1v) is 8.07. The van der Waals surface area contributed by atoms with Gasteiger partial charge in [0.05, 0.1) is 11.6 Å². The molecule has 8 heteroatoms. The molecule has 0 saturated carbocycles. The monoisotopic (exact) mass is 360 g/mol. The van der Waals surface area contributed by atoms with E-state index in [2.05, 4.69) is 20.8 Å². The fourth-order valence-corrected chi connectivity index (χ4v) is 2.90. The minimum Gasteiger partial charge on any atom is -0.507 e. The fourth-order valence-electron chi connectivity index (χ4n) is 2.90. The van der Waals surface area contributed by atoms with E-state index >= 15 is 0 Å². The Morgan fingerprint density at radius 1 is 1.04 bits per heavy atom. The quantitative estimate of drug-likeness (QED) is 0.668. The van der Waals surface area contributed by atoms with Crippen LogP contribution in [-0.2, 0) is 6.18 Å². The molecule has 3 N–H and O–H groups in total. The molecule has 5 nitrogen and oxygen atoms in total. The number of halogens is 3. The average molecular weight is 360 g/mol. The summed E-state index contributed by atoms with van der Waals surface area (Å²) in [5.74, 6) is 0.130. The number of anilines is 1. The van der Waals surface area contributed by atoms with E-state index in [1.54, 1.807) is 6.07 Å². The van der Waals surface area contributed by atoms with Crippen molar-refractivity contribution in [1.29, 1.82) is 0 Å².